The molecule has 4 N–H and O–H groups in total. The first-order valence-corrected chi connectivity index (χ1v) is 9.84. The average molecular weight is 466 g/mol. The molecule has 4 aromatic rings. The van der Waals surface area contributed by atoms with Crippen molar-refractivity contribution >= 4 is 23.2 Å². The number of nitrogens with zero attached hydrogens (tertiary/aromatic N) is 3. The fourth-order valence-corrected chi connectivity index (χ4v) is 3.03. The SMILES string of the molecule is Nc1cc(Oc2ccc(NC(=O)Nc3ccc(-c4ccccn4)c(C(F)(F)F)c3)cc2)ncn1. The summed E-state index contributed by atoms with van der Waals surface area (Å²) in [4.78, 5) is 24.0. The number of urea groups is 1. The monoisotopic (exact) mass is 466 g/mol. The Balaban J connectivity index is 1.44. The number of alkyl halides is 3. The van der Waals surface area contributed by atoms with Crippen LogP contribution >= 0.6 is 0 Å². The summed E-state index contributed by atoms with van der Waals surface area (Å²) in [6.07, 6.45) is -1.96. The van der Waals surface area contributed by atoms with E-state index in [0.29, 0.717) is 11.4 Å². The van der Waals surface area contributed by atoms with Crippen molar-refractivity contribution in [3.05, 3.63) is 84.8 Å². The minimum Gasteiger partial charge on any atom is -0.439 e. The predicted octanol–water partition coefficient (Wildman–Crippen LogP) is 5.58. The molecule has 0 atom stereocenters. The molecular formula is C23H17F3N6O2. The molecule has 4 rings (SSSR count). The lowest BCUT2D eigenvalue weighted by atomic mass is 10.0. The van der Waals surface area contributed by atoms with Crippen LogP contribution in [0.4, 0.5) is 35.2 Å². The first kappa shape index (κ1) is 22.5. The summed E-state index contributed by atoms with van der Waals surface area (Å²) in [6.45, 7) is 0. The Morgan fingerprint density at radius 1 is 0.882 bits per heavy atom. The number of nitrogens with one attached hydrogen (secondary N) is 2. The molecule has 2 heterocycles. The minimum absolute atomic E-state index is 0.0224. The van der Waals surface area contributed by atoms with Crippen LogP contribution in [0.25, 0.3) is 11.3 Å². The number of pyridine rings is 1. The Bertz CT molecular complexity index is 1300. The zero-order valence-corrected chi connectivity index (χ0v) is 17.4. The molecule has 0 aliphatic rings. The van der Waals surface area contributed by atoms with Crippen LogP contribution in [0.2, 0.25) is 0 Å². The zero-order valence-electron chi connectivity index (χ0n) is 17.4. The Morgan fingerprint density at radius 3 is 2.29 bits per heavy atom. The number of nitrogens with two attached hydrogens (primary N) is 1. The number of hydrogen-bond donors (Lipinski definition) is 3. The van der Waals surface area contributed by atoms with Gasteiger partial charge in [0.2, 0.25) is 5.88 Å². The van der Waals surface area contributed by atoms with Crippen LogP contribution < -0.4 is 21.1 Å². The minimum atomic E-state index is -4.63. The summed E-state index contributed by atoms with van der Waals surface area (Å²) < 4.78 is 46.4. The number of ether oxygens (including phenoxy) is 1. The van der Waals surface area contributed by atoms with Crippen molar-refractivity contribution < 1.29 is 22.7 Å². The van der Waals surface area contributed by atoms with Gasteiger partial charge < -0.3 is 21.1 Å². The zero-order chi connectivity index (χ0) is 24.1. The second kappa shape index (κ2) is 9.45. The topological polar surface area (TPSA) is 115 Å². The highest BCUT2D eigenvalue weighted by atomic mass is 19.4. The van der Waals surface area contributed by atoms with Gasteiger partial charge in [0, 0.05) is 29.2 Å². The third-order valence-corrected chi connectivity index (χ3v) is 4.52. The van der Waals surface area contributed by atoms with E-state index in [1.54, 1.807) is 36.4 Å². The normalized spacial score (nSPS) is 11.0. The van der Waals surface area contributed by atoms with Crippen molar-refractivity contribution in [3.63, 3.8) is 0 Å². The van der Waals surface area contributed by atoms with Crippen molar-refractivity contribution in [3.8, 4) is 22.9 Å². The van der Waals surface area contributed by atoms with Gasteiger partial charge in [0.25, 0.3) is 0 Å². The van der Waals surface area contributed by atoms with Gasteiger partial charge in [-0.2, -0.15) is 13.2 Å². The van der Waals surface area contributed by atoms with E-state index < -0.39 is 17.8 Å². The van der Waals surface area contributed by atoms with E-state index in [1.807, 2.05) is 0 Å². The number of benzene rings is 2. The van der Waals surface area contributed by atoms with Crippen molar-refractivity contribution in [2.75, 3.05) is 16.4 Å². The lowest BCUT2D eigenvalue weighted by molar-refractivity contribution is -0.137. The number of hydrogen-bond acceptors (Lipinski definition) is 6. The van der Waals surface area contributed by atoms with Gasteiger partial charge in [-0.05, 0) is 48.5 Å². The predicted molar refractivity (Wildman–Crippen MR) is 120 cm³/mol. The van der Waals surface area contributed by atoms with Gasteiger partial charge in [0.1, 0.15) is 17.9 Å². The summed E-state index contributed by atoms with van der Waals surface area (Å²) in [5.74, 6) is 0.936. The van der Waals surface area contributed by atoms with Gasteiger partial charge in [-0.25, -0.2) is 14.8 Å². The Labute approximate surface area is 191 Å². The van der Waals surface area contributed by atoms with Crippen molar-refractivity contribution in [1.29, 1.82) is 0 Å². The lowest BCUT2D eigenvalue weighted by Crippen LogP contribution is -2.20. The van der Waals surface area contributed by atoms with Gasteiger partial charge in [-0.1, -0.05) is 12.1 Å². The van der Waals surface area contributed by atoms with E-state index in [9.17, 15) is 18.0 Å². The van der Waals surface area contributed by atoms with E-state index in [2.05, 4.69) is 25.6 Å². The Hall–Kier alpha value is -4.67. The van der Waals surface area contributed by atoms with E-state index >= 15 is 0 Å². The fourth-order valence-electron chi connectivity index (χ4n) is 3.03. The maximum Gasteiger partial charge on any atom is 0.417 e. The summed E-state index contributed by atoms with van der Waals surface area (Å²) in [7, 11) is 0. The maximum atomic E-state index is 13.6. The summed E-state index contributed by atoms with van der Waals surface area (Å²) >= 11 is 0. The molecule has 11 heteroatoms. The second-order valence-corrected chi connectivity index (χ2v) is 6.96. The Morgan fingerprint density at radius 2 is 1.62 bits per heavy atom. The molecular weight excluding hydrogens is 449 g/mol. The molecule has 0 aliphatic carbocycles. The average Bonchev–Trinajstić information content (AvgIpc) is 2.80. The molecule has 0 bridgehead atoms. The molecule has 2 amide bonds. The van der Waals surface area contributed by atoms with Gasteiger partial charge in [0.05, 0.1) is 11.3 Å². The molecule has 0 spiro atoms. The maximum absolute atomic E-state index is 13.6. The van der Waals surface area contributed by atoms with Gasteiger partial charge in [-0.3, -0.25) is 4.98 Å². The highest BCUT2D eigenvalue weighted by Crippen LogP contribution is 2.38. The number of carbonyl (C=O) groups is 1. The van der Waals surface area contributed by atoms with Gasteiger partial charge in [-0.15, -0.1) is 0 Å². The van der Waals surface area contributed by atoms with E-state index in [1.165, 1.54) is 36.8 Å². The third kappa shape index (κ3) is 5.57. The number of halogens is 3. The number of amides is 2. The molecule has 34 heavy (non-hydrogen) atoms. The van der Waals surface area contributed by atoms with Crippen LogP contribution in [0.5, 0.6) is 11.6 Å². The van der Waals surface area contributed by atoms with Crippen molar-refractivity contribution in [2.45, 2.75) is 6.18 Å². The molecule has 0 saturated carbocycles. The van der Waals surface area contributed by atoms with E-state index in [-0.39, 0.29) is 28.6 Å². The largest absolute Gasteiger partial charge is 0.439 e. The van der Waals surface area contributed by atoms with E-state index in [0.717, 1.165) is 6.07 Å². The summed E-state index contributed by atoms with van der Waals surface area (Å²) in [5.41, 5.74) is 5.14. The fraction of sp³-hybridized carbons (Fsp3) is 0.0435. The third-order valence-electron chi connectivity index (χ3n) is 4.52. The highest BCUT2D eigenvalue weighted by molar-refractivity contribution is 6.00. The molecule has 0 saturated heterocycles. The molecule has 2 aromatic heterocycles. The lowest BCUT2D eigenvalue weighted by Gasteiger charge is -2.15. The van der Waals surface area contributed by atoms with E-state index in [4.69, 9.17) is 10.5 Å². The first-order valence-electron chi connectivity index (χ1n) is 9.84. The summed E-state index contributed by atoms with van der Waals surface area (Å²) in [5, 5.41) is 4.96. The molecule has 0 radical (unpaired) electrons. The second-order valence-electron chi connectivity index (χ2n) is 6.96. The molecule has 172 valence electrons. The Kier molecular flexibility index (Phi) is 6.26. The molecule has 0 aliphatic heterocycles. The number of nitrogen functional groups attached to an aromatic ring is 1. The summed E-state index contributed by atoms with van der Waals surface area (Å²) in [6, 6.07) is 15.2. The molecule has 2 aromatic carbocycles. The number of rotatable bonds is 5. The number of aromatic nitrogens is 3. The van der Waals surface area contributed by atoms with Gasteiger partial charge >= 0.3 is 12.2 Å². The molecule has 0 unspecified atom stereocenters. The van der Waals surface area contributed by atoms with Crippen LogP contribution in [-0.4, -0.2) is 21.0 Å². The highest BCUT2D eigenvalue weighted by Gasteiger charge is 2.34. The van der Waals surface area contributed by atoms with Crippen molar-refractivity contribution in [1.82, 2.24) is 15.0 Å². The number of carbonyl (C=O) groups excluding carboxylic acids is 1. The van der Waals surface area contributed by atoms with Crippen LogP contribution in [0.3, 0.4) is 0 Å². The van der Waals surface area contributed by atoms with Crippen LogP contribution in [-0.2, 0) is 6.18 Å². The standard InChI is InChI=1S/C23H17F3N6O2/c24-23(25,26)18-11-15(6-9-17(18)19-3-1-2-10-28-19)32-22(33)31-14-4-7-16(8-5-14)34-21-12-20(27)29-13-30-21/h1-13H,(H2,27,29,30)(H2,31,32,33). The van der Waals surface area contributed by atoms with Gasteiger partial charge in [0.15, 0.2) is 0 Å². The van der Waals surface area contributed by atoms with Crippen LogP contribution in [0, 0.1) is 0 Å². The van der Waals surface area contributed by atoms with Crippen molar-refractivity contribution in [2.24, 2.45) is 0 Å². The first-order chi connectivity index (χ1) is 16.3. The quantitative estimate of drug-likeness (QED) is 0.354. The number of anilines is 3. The molecule has 8 nitrogen and oxygen atoms in total. The smallest absolute Gasteiger partial charge is 0.417 e. The molecule has 0 fully saturated rings. The van der Waals surface area contributed by atoms with Crippen LogP contribution in [0.15, 0.2) is 79.3 Å². The van der Waals surface area contributed by atoms with Crippen LogP contribution in [0.1, 0.15) is 5.56 Å².